The van der Waals surface area contributed by atoms with Crippen molar-refractivity contribution in [3.63, 3.8) is 0 Å². The Morgan fingerprint density at radius 1 is 0.737 bits per heavy atom. The van der Waals surface area contributed by atoms with Crippen molar-refractivity contribution in [1.82, 2.24) is 36.8 Å². The molecule has 0 bridgehead atoms. The van der Waals surface area contributed by atoms with Gasteiger partial charge in [0.25, 0.3) is 0 Å². The molecule has 1 fully saturated rings. The van der Waals surface area contributed by atoms with Crippen LogP contribution in [-0.4, -0.2) is 147 Å². The number of hydrogen-bond acceptors (Lipinski definition) is 13. The van der Waals surface area contributed by atoms with Crippen LogP contribution in [0.4, 0.5) is 0 Å². The second kappa shape index (κ2) is 24.3. The predicted molar refractivity (Wildman–Crippen MR) is 199 cm³/mol. The van der Waals surface area contributed by atoms with Gasteiger partial charge in [-0.2, -0.15) is 0 Å². The molecule has 0 spiro atoms. The molecule has 0 unspecified atom stereocenters. The Kier molecular flexibility index (Phi) is 21.1. The smallest absolute Gasteiger partial charge is 0.326 e. The molecule has 15 N–H and O–H groups in total. The summed E-state index contributed by atoms with van der Waals surface area (Å²) in [6.45, 7) is 5.53. The van der Waals surface area contributed by atoms with Crippen LogP contribution in [0.25, 0.3) is 0 Å². The summed E-state index contributed by atoms with van der Waals surface area (Å²) < 4.78 is 0. The molecule has 0 radical (unpaired) electrons. The van der Waals surface area contributed by atoms with Gasteiger partial charge in [0, 0.05) is 6.54 Å². The summed E-state index contributed by atoms with van der Waals surface area (Å²) in [5, 5.41) is 42.9. The molecule has 23 heteroatoms. The summed E-state index contributed by atoms with van der Waals surface area (Å²) in [7, 11) is 0. The number of carbonyl (C=O) groups excluding carboxylic acids is 8. The standard InChI is InChI=1S/C34H58N10O13/c1-16(2)12-20(40-28(50)17(3)36)31(53)41-21(13-24(37)46)32(54)39-19(8-5-6-10-35)30(52)42-22(14-26(48)49)29(51)38-15-25(47)43-27(18(4)45)33(55)44-11-7-9-23(44)34(56)57/h16-23,27,45H,5-15,35-36H2,1-4H3,(H2,37,46)(H,38,51)(H,39,54)(H,40,50)(H,41,53)(H,42,52)(H,43,47)(H,48,49)(H,56,57)/t17-,18+,19-,20-,21-,22-,23-,27-/m0/s1. The molecule has 0 aromatic heterocycles. The molecule has 1 heterocycles. The van der Waals surface area contributed by atoms with Gasteiger partial charge in [-0.15, -0.1) is 0 Å². The van der Waals surface area contributed by atoms with Gasteiger partial charge in [-0.3, -0.25) is 43.2 Å². The zero-order valence-electron chi connectivity index (χ0n) is 32.6. The molecule has 8 amide bonds. The maximum absolute atomic E-state index is 13.5. The van der Waals surface area contributed by atoms with Crippen LogP contribution in [0.1, 0.15) is 79.1 Å². The van der Waals surface area contributed by atoms with E-state index in [2.05, 4.69) is 31.9 Å². The first-order valence-corrected chi connectivity index (χ1v) is 18.5. The van der Waals surface area contributed by atoms with Crippen molar-refractivity contribution in [3.8, 4) is 0 Å². The van der Waals surface area contributed by atoms with E-state index < -0.39 is 127 Å². The Bertz CT molecular complexity index is 1470. The van der Waals surface area contributed by atoms with E-state index in [1.54, 1.807) is 13.8 Å². The molecule has 8 atom stereocenters. The van der Waals surface area contributed by atoms with Crippen molar-refractivity contribution >= 4 is 59.2 Å². The number of carboxylic acids is 2. The SMILES string of the molecule is CC(C)C[C@H](NC(=O)[C@H](C)N)C(=O)N[C@@H](CC(N)=O)C(=O)N[C@@H](CCCCN)C(=O)N[C@@H](CC(=O)O)C(=O)NCC(=O)N[C@H](C(=O)N1CCC[C@H]1C(=O)O)[C@@H](C)O. The number of nitrogens with one attached hydrogen (secondary N) is 6. The minimum absolute atomic E-state index is 0.0728. The van der Waals surface area contributed by atoms with Crippen molar-refractivity contribution in [2.45, 2.75) is 127 Å². The number of nitrogens with two attached hydrogens (primary N) is 3. The third-order valence-electron chi connectivity index (χ3n) is 8.69. The topological polar surface area (TPSA) is 385 Å². The quantitative estimate of drug-likeness (QED) is 0.0384. The highest BCUT2D eigenvalue weighted by molar-refractivity contribution is 5.98. The fourth-order valence-corrected chi connectivity index (χ4v) is 5.75. The molecule has 1 rings (SSSR count). The lowest BCUT2D eigenvalue weighted by Gasteiger charge is -2.29. The number of primary amides is 1. The molecule has 0 aliphatic carbocycles. The summed E-state index contributed by atoms with van der Waals surface area (Å²) in [5.41, 5.74) is 16.5. The van der Waals surface area contributed by atoms with Crippen LogP contribution in [0.5, 0.6) is 0 Å². The molecular formula is C34H58N10O13. The van der Waals surface area contributed by atoms with E-state index in [9.17, 15) is 63.3 Å². The van der Waals surface area contributed by atoms with Crippen molar-refractivity contribution in [2.75, 3.05) is 19.6 Å². The number of hydrogen-bond donors (Lipinski definition) is 12. The molecule has 1 aliphatic rings. The van der Waals surface area contributed by atoms with Gasteiger partial charge < -0.3 is 69.3 Å². The van der Waals surface area contributed by atoms with E-state index in [0.29, 0.717) is 12.8 Å². The van der Waals surface area contributed by atoms with Gasteiger partial charge >= 0.3 is 11.9 Å². The second-order valence-corrected chi connectivity index (χ2v) is 14.2. The first-order chi connectivity index (χ1) is 26.6. The van der Waals surface area contributed by atoms with Crippen LogP contribution in [0, 0.1) is 5.92 Å². The number of amides is 8. The summed E-state index contributed by atoms with van der Waals surface area (Å²) in [6.07, 6.45) is -2.01. The van der Waals surface area contributed by atoms with E-state index in [4.69, 9.17) is 17.2 Å². The minimum Gasteiger partial charge on any atom is -0.481 e. The lowest BCUT2D eigenvalue weighted by Crippen LogP contribution is -2.60. The van der Waals surface area contributed by atoms with Gasteiger partial charge in [0.2, 0.25) is 47.3 Å². The van der Waals surface area contributed by atoms with Crippen molar-refractivity contribution in [3.05, 3.63) is 0 Å². The molecule has 1 saturated heterocycles. The van der Waals surface area contributed by atoms with Gasteiger partial charge in [-0.05, 0) is 64.8 Å². The molecule has 0 aromatic rings. The number of carbonyl (C=O) groups is 10. The van der Waals surface area contributed by atoms with Crippen molar-refractivity contribution in [1.29, 1.82) is 0 Å². The fraction of sp³-hybridized carbons (Fsp3) is 0.706. The Labute approximate surface area is 329 Å². The number of carboxylic acid groups (broad SMARTS) is 2. The summed E-state index contributed by atoms with van der Waals surface area (Å²) in [5.74, 6) is -10.6. The average molecular weight is 815 g/mol. The highest BCUT2D eigenvalue weighted by atomic mass is 16.4. The number of aliphatic carboxylic acids is 2. The van der Waals surface area contributed by atoms with Gasteiger partial charge in [0.1, 0.15) is 36.3 Å². The summed E-state index contributed by atoms with van der Waals surface area (Å²) in [6, 6.07) is -9.82. The van der Waals surface area contributed by atoms with Gasteiger partial charge in [-0.25, -0.2) is 4.79 Å². The fourth-order valence-electron chi connectivity index (χ4n) is 5.75. The zero-order valence-corrected chi connectivity index (χ0v) is 32.6. The van der Waals surface area contributed by atoms with Crippen molar-refractivity contribution in [2.24, 2.45) is 23.1 Å². The van der Waals surface area contributed by atoms with Gasteiger partial charge in [0.05, 0.1) is 31.5 Å². The Morgan fingerprint density at radius 3 is 1.79 bits per heavy atom. The maximum Gasteiger partial charge on any atom is 0.326 e. The predicted octanol–water partition coefficient (Wildman–Crippen LogP) is -5.14. The lowest BCUT2D eigenvalue weighted by molar-refractivity contribution is -0.150. The Hall–Kier alpha value is -5.42. The number of aliphatic hydroxyl groups is 1. The maximum atomic E-state index is 13.5. The normalized spacial score (nSPS) is 17.4. The van der Waals surface area contributed by atoms with Crippen molar-refractivity contribution < 1.29 is 63.3 Å². The third kappa shape index (κ3) is 17.5. The van der Waals surface area contributed by atoms with E-state index >= 15 is 0 Å². The average Bonchev–Trinajstić information content (AvgIpc) is 3.61. The first-order valence-electron chi connectivity index (χ1n) is 18.5. The van der Waals surface area contributed by atoms with Crippen LogP contribution in [0.3, 0.4) is 0 Å². The number of unbranched alkanes of at least 4 members (excludes halogenated alkanes) is 1. The molecule has 1 aliphatic heterocycles. The molecule has 0 saturated carbocycles. The monoisotopic (exact) mass is 814 g/mol. The number of aliphatic hydroxyl groups excluding tert-OH is 1. The zero-order chi connectivity index (χ0) is 43.6. The third-order valence-corrected chi connectivity index (χ3v) is 8.69. The lowest BCUT2D eigenvalue weighted by atomic mass is 10.0. The Balaban J connectivity index is 3.17. The van der Waals surface area contributed by atoms with Crippen LogP contribution in [0.15, 0.2) is 0 Å². The van der Waals surface area contributed by atoms with Crippen LogP contribution >= 0.6 is 0 Å². The largest absolute Gasteiger partial charge is 0.481 e. The highest BCUT2D eigenvalue weighted by Gasteiger charge is 2.39. The second-order valence-electron chi connectivity index (χ2n) is 14.2. The van der Waals surface area contributed by atoms with Crippen LogP contribution in [-0.2, 0) is 47.9 Å². The van der Waals surface area contributed by atoms with E-state index in [0.717, 1.165) is 4.90 Å². The van der Waals surface area contributed by atoms with Gasteiger partial charge in [0.15, 0.2) is 0 Å². The van der Waals surface area contributed by atoms with Crippen LogP contribution < -0.4 is 49.1 Å². The molecule has 57 heavy (non-hydrogen) atoms. The van der Waals surface area contributed by atoms with E-state index in [1.165, 1.54) is 13.8 Å². The number of nitrogens with zero attached hydrogens (tertiary/aromatic N) is 1. The summed E-state index contributed by atoms with van der Waals surface area (Å²) >= 11 is 0. The molecular weight excluding hydrogens is 756 g/mol. The van der Waals surface area contributed by atoms with Gasteiger partial charge in [-0.1, -0.05) is 13.8 Å². The molecule has 322 valence electrons. The Morgan fingerprint density at radius 2 is 1.28 bits per heavy atom. The van der Waals surface area contributed by atoms with Crippen LogP contribution in [0.2, 0.25) is 0 Å². The first kappa shape index (κ1) is 49.6. The number of likely N-dealkylation sites (tertiary alicyclic amines) is 1. The summed E-state index contributed by atoms with van der Waals surface area (Å²) in [4.78, 5) is 128. The molecule has 0 aromatic carbocycles. The van der Waals surface area contributed by atoms with E-state index in [1.807, 2.05) is 0 Å². The number of rotatable bonds is 25. The highest BCUT2D eigenvalue weighted by Crippen LogP contribution is 2.19. The molecule has 23 nitrogen and oxygen atoms in total. The van der Waals surface area contributed by atoms with E-state index in [-0.39, 0.29) is 44.7 Å². The minimum atomic E-state index is -1.82.